The largest absolute Gasteiger partial charge is 0.377 e. The van der Waals surface area contributed by atoms with Crippen molar-refractivity contribution in [1.29, 1.82) is 0 Å². The van der Waals surface area contributed by atoms with Gasteiger partial charge in [0.15, 0.2) is 5.96 Å². The standard InChI is InChI=1S/C17H31N3O/c1-12-7-9-20(10-8-12)16(18-4)19-14-13-6-5-11-21-15(13)17(14,2)3/h12-15H,5-11H2,1-4H3,(H,18,19). The van der Waals surface area contributed by atoms with Crippen LogP contribution in [0.1, 0.15) is 46.5 Å². The van der Waals surface area contributed by atoms with Crippen molar-refractivity contribution in [2.45, 2.75) is 58.6 Å². The molecule has 120 valence electrons. The molecular weight excluding hydrogens is 262 g/mol. The molecule has 4 nitrogen and oxygen atoms in total. The summed E-state index contributed by atoms with van der Waals surface area (Å²) in [6.07, 6.45) is 5.49. The van der Waals surface area contributed by atoms with E-state index in [1.807, 2.05) is 7.05 Å². The van der Waals surface area contributed by atoms with Gasteiger partial charge in [-0.05, 0) is 31.6 Å². The normalized spacial score (nSPS) is 36.9. The highest BCUT2D eigenvalue weighted by molar-refractivity contribution is 5.80. The molecular formula is C17H31N3O. The first-order chi connectivity index (χ1) is 10.0. The van der Waals surface area contributed by atoms with Crippen LogP contribution in [-0.4, -0.2) is 49.7 Å². The van der Waals surface area contributed by atoms with E-state index in [0.29, 0.717) is 18.1 Å². The number of hydrogen-bond acceptors (Lipinski definition) is 2. The Hall–Kier alpha value is -0.770. The molecule has 3 fully saturated rings. The molecule has 2 heterocycles. The molecule has 2 aliphatic heterocycles. The van der Waals surface area contributed by atoms with Gasteiger partial charge >= 0.3 is 0 Å². The van der Waals surface area contributed by atoms with Crippen molar-refractivity contribution < 1.29 is 4.74 Å². The zero-order valence-corrected chi connectivity index (χ0v) is 14.1. The third-order valence-electron chi connectivity index (χ3n) is 5.91. The van der Waals surface area contributed by atoms with Gasteiger partial charge in [0, 0.05) is 44.1 Å². The fourth-order valence-corrected chi connectivity index (χ4v) is 4.47. The fourth-order valence-electron chi connectivity index (χ4n) is 4.47. The maximum absolute atomic E-state index is 6.00. The number of aliphatic imine (C=N–C) groups is 1. The summed E-state index contributed by atoms with van der Waals surface area (Å²) in [6.45, 7) is 10.2. The van der Waals surface area contributed by atoms with E-state index < -0.39 is 0 Å². The summed E-state index contributed by atoms with van der Waals surface area (Å²) < 4.78 is 6.00. The number of hydrogen-bond donors (Lipinski definition) is 1. The lowest BCUT2D eigenvalue weighted by Crippen LogP contribution is -2.71. The zero-order valence-electron chi connectivity index (χ0n) is 14.1. The van der Waals surface area contributed by atoms with Gasteiger partial charge in [-0.1, -0.05) is 20.8 Å². The summed E-state index contributed by atoms with van der Waals surface area (Å²) in [5, 5.41) is 3.77. The van der Waals surface area contributed by atoms with Crippen molar-refractivity contribution in [2.24, 2.45) is 22.2 Å². The van der Waals surface area contributed by atoms with Gasteiger partial charge in [0.2, 0.25) is 0 Å². The third-order valence-corrected chi connectivity index (χ3v) is 5.91. The van der Waals surface area contributed by atoms with E-state index in [1.165, 1.54) is 25.7 Å². The monoisotopic (exact) mass is 293 g/mol. The van der Waals surface area contributed by atoms with Crippen molar-refractivity contribution in [3.63, 3.8) is 0 Å². The first kappa shape index (κ1) is 15.1. The number of likely N-dealkylation sites (tertiary alicyclic amines) is 1. The Kier molecular flexibility index (Phi) is 4.17. The smallest absolute Gasteiger partial charge is 0.193 e. The summed E-state index contributed by atoms with van der Waals surface area (Å²) in [5.74, 6) is 2.62. The zero-order chi connectivity index (χ0) is 15.0. The molecule has 0 aromatic heterocycles. The lowest BCUT2D eigenvalue weighted by Gasteiger charge is -2.60. The molecule has 0 bridgehead atoms. The number of piperidine rings is 1. The molecule has 3 atom stereocenters. The van der Waals surface area contributed by atoms with Crippen molar-refractivity contribution in [2.75, 3.05) is 26.7 Å². The molecule has 0 radical (unpaired) electrons. The van der Waals surface area contributed by atoms with Crippen molar-refractivity contribution >= 4 is 5.96 Å². The van der Waals surface area contributed by atoms with Crippen molar-refractivity contribution in [1.82, 2.24) is 10.2 Å². The topological polar surface area (TPSA) is 36.9 Å². The summed E-state index contributed by atoms with van der Waals surface area (Å²) in [7, 11) is 1.92. The number of guanidine groups is 1. The second-order valence-corrected chi connectivity index (χ2v) is 7.76. The van der Waals surface area contributed by atoms with Crippen LogP contribution >= 0.6 is 0 Å². The van der Waals surface area contributed by atoms with Crippen LogP contribution in [0.2, 0.25) is 0 Å². The SMILES string of the molecule is CN=C(NC1C2CCCOC2C1(C)C)N1CCC(C)CC1. The number of nitrogens with one attached hydrogen (secondary N) is 1. The molecule has 1 aliphatic carbocycles. The molecule has 0 spiro atoms. The highest BCUT2D eigenvalue weighted by Gasteiger charge is 2.58. The molecule has 0 aromatic rings. The van der Waals surface area contributed by atoms with Gasteiger partial charge in [0.1, 0.15) is 0 Å². The third kappa shape index (κ3) is 2.67. The second kappa shape index (κ2) is 5.79. The summed E-state index contributed by atoms with van der Waals surface area (Å²) in [5.41, 5.74) is 0.212. The highest BCUT2D eigenvalue weighted by Crippen LogP contribution is 2.51. The number of fused-ring (bicyclic) bond motifs is 1. The number of ether oxygens (including phenoxy) is 1. The maximum Gasteiger partial charge on any atom is 0.193 e. The Bertz CT molecular complexity index is 399. The Morgan fingerprint density at radius 3 is 2.62 bits per heavy atom. The lowest BCUT2D eigenvalue weighted by molar-refractivity contribution is -0.188. The molecule has 0 aromatic carbocycles. The predicted molar refractivity (Wildman–Crippen MR) is 86.5 cm³/mol. The van der Waals surface area contributed by atoms with E-state index in [4.69, 9.17) is 4.74 Å². The van der Waals surface area contributed by atoms with E-state index in [0.717, 1.165) is 31.6 Å². The molecule has 0 amide bonds. The van der Waals surface area contributed by atoms with Crippen LogP contribution in [0.3, 0.4) is 0 Å². The number of nitrogens with zero attached hydrogens (tertiary/aromatic N) is 2. The van der Waals surface area contributed by atoms with Crippen LogP contribution < -0.4 is 5.32 Å². The molecule has 3 rings (SSSR count). The maximum atomic E-state index is 6.00. The summed E-state index contributed by atoms with van der Waals surface area (Å²) in [6, 6.07) is 0.501. The molecule has 3 unspecified atom stereocenters. The second-order valence-electron chi connectivity index (χ2n) is 7.76. The predicted octanol–water partition coefficient (Wildman–Crippen LogP) is 2.50. The lowest BCUT2D eigenvalue weighted by atomic mass is 9.55. The van der Waals surface area contributed by atoms with E-state index >= 15 is 0 Å². The van der Waals surface area contributed by atoms with Crippen LogP contribution in [0.4, 0.5) is 0 Å². The first-order valence-electron chi connectivity index (χ1n) is 8.64. The van der Waals surface area contributed by atoms with Gasteiger partial charge in [0.25, 0.3) is 0 Å². The van der Waals surface area contributed by atoms with Gasteiger partial charge in [-0.3, -0.25) is 4.99 Å². The van der Waals surface area contributed by atoms with Gasteiger partial charge in [0.05, 0.1) is 6.10 Å². The molecule has 21 heavy (non-hydrogen) atoms. The Morgan fingerprint density at radius 1 is 1.24 bits per heavy atom. The van der Waals surface area contributed by atoms with Gasteiger partial charge < -0.3 is 15.0 Å². The van der Waals surface area contributed by atoms with Gasteiger partial charge in [-0.15, -0.1) is 0 Å². The van der Waals surface area contributed by atoms with Crippen LogP contribution in [0, 0.1) is 17.3 Å². The molecule has 2 saturated heterocycles. The Labute approximate surface area is 129 Å². The molecule has 1 N–H and O–H groups in total. The van der Waals surface area contributed by atoms with E-state index in [2.05, 4.69) is 36.0 Å². The highest BCUT2D eigenvalue weighted by atomic mass is 16.5. The molecule has 4 heteroatoms. The van der Waals surface area contributed by atoms with Crippen LogP contribution in [0.5, 0.6) is 0 Å². The first-order valence-corrected chi connectivity index (χ1v) is 8.64. The summed E-state index contributed by atoms with van der Waals surface area (Å²) in [4.78, 5) is 6.99. The minimum absolute atomic E-state index is 0.212. The van der Waals surface area contributed by atoms with Gasteiger partial charge in [-0.25, -0.2) is 0 Å². The van der Waals surface area contributed by atoms with E-state index in [-0.39, 0.29) is 5.41 Å². The number of rotatable bonds is 1. The van der Waals surface area contributed by atoms with Crippen LogP contribution in [-0.2, 0) is 4.74 Å². The van der Waals surface area contributed by atoms with E-state index in [1.54, 1.807) is 0 Å². The van der Waals surface area contributed by atoms with E-state index in [9.17, 15) is 0 Å². The average Bonchev–Trinajstić information content (AvgIpc) is 2.49. The minimum atomic E-state index is 0.212. The van der Waals surface area contributed by atoms with Crippen LogP contribution in [0.15, 0.2) is 4.99 Å². The van der Waals surface area contributed by atoms with Crippen LogP contribution in [0.25, 0.3) is 0 Å². The summed E-state index contributed by atoms with van der Waals surface area (Å²) >= 11 is 0. The average molecular weight is 293 g/mol. The quantitative estimate of drug-likeness (QED) is 0.596. The minimum Gasteiger partial charge on any atom is -0.377 e. The Morgan fingerprint density at radius 2 is 1.95 bits per heavy atom. The molecule has 3 aliphatic rings. The van der Waals surface area contributed by atoms with Crippen molar-refractivity contribution in [3.05, 3.63) is 0 Å². The Balaban J connectivity index is 1.64. The fraction of sp³-hybridized carbons (Fsp3) is 0.941. The van der Waals surface area contributed by atoms with Gasteiger partial charge in [-0.2, -0.15) is 0 Å². The molecule has 1 saturated carbocycles. The van der Waals surface area contributed by atoms with Crippen molar-refractivity contribution in [3.8, 4) is 0 Å².